The topological polar surface area (TPSA) is 92.3 Å². The van der Waals surface area contributed by atoms with Crippen LogP contribution in [0.5, 0.6) is 0 Å². The van der Waals surface area contributed by atoms with E-state index in [1.54, 1.807) is 0 Å². The molecule has 6 nitrogen and oxygen atoms in total. The highest BCUT2D eigenvalue weighted by atomic mass is 16.2. The molecule has 0 rings (SSSR count). The molecule has 0 fully saturated rings. The first-order valence-electron chi connectivity index (χ1n) is 5.02. The predicted octanol–water partition coefficient (Wildman–Crippen LogP) is -0.128. The first-order chi connectivity index (χ1) is 7.41. The van der Waals surface area contributed by atoms with Crippen molar-refractivity contribution in [3.05, 3.63) is 0 Å². The van der Waals surface area contributed by atoms with Gasteiger partial charge in [-0.15, -0.1) is 0 Å². The molecule has 0 unspecified atom stereocenters. The Labute approximate surface area is 93.8 Å². The highest BCUT2D eigenvalue weighted by molar-refractivity contribution is 5.94. The highest BCUT2D eigenvalue weighted by Crippen LogP contribution is 1.99. The van der Waals surface area contributed by atoms with E-state index in [4.69, 9.17) is 0 Å². The molecular weight excluding hydrogens is 212 g/mol. The Hall–Kier alpha value is -1.72. The van der Waals surface area contributed by atoms with Crippen LogP contribution in [0, 0.1) is 0 Å². The fraction of sp³-hybridized carbons (Fsp3) is 0.600. The lowest BCUT2D eigenvalue weighted by Gasteiger charge is -2.01. The minimum atomic E-state index is -0.390. The van der Waals surface area contributed by atoms with Crippen molar-refractivity contribution in [1.82, 2.24) is 10.6 Å². The molecule has 0 saturated carbocycles. The Balaban J connectivity index is 3.53. The summed E-state index contributed by atoms with van der Waals surface area (Å²) in [6.45, 7) is 2.52. The molecule has 0 aromatic heterocycles. The third kappa shape index (κ3) is 8.86. The van der Waals surface area contributed by atoms with Crippen molar-refractivity contribution in [2.75, 3.05) is 0 Å². The van der Waals surface area contributed by atoms with Gasteiger partial charge in [0.15, 0.2) is 0 Å². The van der Waals surface area contributed by atoms with E-state index in [9.17, 15) is 19.2 Å². The molecule has 0 aliphatic carbocycles. The number of hydrogen-bond donors (Lipinski definition) is 2. The van der Waals surface area contributed by atoms with Gasteiger partial charge in [-0.2, -0.15) is 0 Å². The summed E-state index contributed by atoms with van der Waals surface area (Å²) in [5, 5.41) is 4.26. The maximum absolute atomic E-state index is 11.0. The molecule has 0 atom stereocenters. The number of imide groups is 2. The minimum Gasteiger partial charge on any atom is -0.297 e. The second kappa shape index (κ2) is 7.56. The maximum Gasteiger partial charge on any atom is 0.226 e. The lowest BCUT2D eigenvalue weighted by molar-refractivity contribution is -0.131. The normalized spacial score (nSPS) is 9.38. The molecule has 0 bridgehead atoms. The average Bonchev–Trinajstić information content (AvgIpc) is 2.10. The van der Waals surface area contributed by atoms with E-state index < -0.39 is 0 Å². The van der Waals surface area contributed by atoms with Gasteiger partial charge < -0.3 is 0 Å². The highest BCUT2D eigenvalue weighted by Gasteiger charge is 2.05. The van der Waals surface area contributed by atoms with Gasteiger partial charge in [-0.25, -0.2) is 0 Å². The van der Waals surface area contributed by atoms with E-state index >= 15 is 0 Å². The van der Waals surface area contributed by atoms with Crippen LogP contribution in [-0.4, -0.2) is 23.6 Å². The third-order valence-electron chi connectivity index (χ3n) is 1.69. The Morgan fingerprint density at radius 2 is 1.06 bits per heavy atom. The summed E-state index contributed by atoms with van der Waals surface area (Å²) in [5.74, 6) is -1.47. The summed E-state index contributed by atoms with van der Waals surface area (Å²) < 4.78 is 0. The number of unbranched alkanes of at least 4 members (excludes halogenated alkanes) is 1. The fourth-order valence-electron chi connectivity index (χ4n) is 1.09. The lowest BCUT2D eigenvalue weighted by Crippen LogP contribution is -2.28. The van der Waals surface area contributed by atoms with E-state index in [0.717, 1.165) is 0 Å². The van der Waals surface area contributed by atoms with Crippen LogP contribution in [0.15, 0.2) is 0 Å². The van der Waals surface area contributed by atoms with Crippen molar-refractivity contribution in [3.8, 4) is 0 Å². The number of nitrogens with one attached hydrogen (secondary N) is 2. The van der Waals surface area contributed by atoms with E-state index in [-0.39, 0.29) is 36.5 Å². The smallest absolute Gasteiger partial charge is 0.226 e. The van der Waals surface area contributed by atoms with Crippen LogP contribution in [0.4, 0.5) is 0 Å². The van der Waals surface area contributed by atoms with Crippen LogP contribution >= 0.6 is 0 Å². The SMILES string of the molecule is CC(=O)NC(=O)CCCCC(=O)NC(C)=O. The fourth-order valence-corrected chi connectivity index (χ4v) is 1.09. The predicted molar refractivity (Wildman–Crippen MR) is 56.1 cm³/mol. The molecule has 0 aromatic carbocycles. The summed E-state index contributed by atoms with van der Waals surface area (Å²) in [6.07, 6.45) is 1.41. The van der Waals surface area contributed by atoms with Crippen LogP contribution in [0.1, 0.15) is 39.5 Å². The zero-order valence-corrected chi connectivity index (χ0v) is 9.46. The van der Waals surface area contributed by atoms with Crippen LogP contribution in [0.25, 0.3) is 0 Å². The van der Waals surface area contributed by atoms with Crippen molar-refractivity contribution < 1.29 is 19.2 Å². The number of hydrogen-bond acceptors (Lipinski definition) is 4. The summed E-state index contributed by atoms with van der Waals surface area (Å²) in [6, 6.07) is 0. The van der Waals surface area contributed by atoms with Gasteiger partial charge in [0.1, 0.15) is 0 Å². The molecule has 2 N–H and O–H groups in total. The van der Waals surface area contributed by atoms with Gasteiger partial charge in [0.05, 0.1) is 0 Å². The van der Waals surface area contributed by atoms with E-state index in [1.165, 1.54) is 13.8 Å². The molecule has 90 valence electrons. The summed E-state index contributed by atoms with van der Waals surface area (Å²) in [5.41, 5.74) is 0. The van der Waals surface area contributed by atoms with Gasteiger partial charge in [0.2, 0.25) is 23.6 Å². The van der Waals surface area contributed by atoms with Gasteiger partial charge in [-0.1, -0.05) is 0 Å². The first kappa shape index (κ1) is 14.3. The average molecular weight is 228 g/mol. The summed E-state index contributed by atoms with van der Waals surface area (Å²) >= 11 is 0. The van der Waals surface area contributed by atoms with Crippen molar-refractivity contribution in [2.45, 2.75) is 39.5 Å². The monoisotopic (exact) mass is 228 g/mol. The number of amides is 4. The second-order valence-corrected chi connectivity index (χ2v) is 3.42. The van der Waals surface area contributed by atoms with Crippen molar-refractivity contribution in [3.63, 3.8) is 0 Å². The molecule has 4 amide bonds. The zero-order chi connectivity index (χ0) is 12.6. The standard InChI is InChI=1S/C10H16N2O4/c1-7(13)11-9(15)5-3-4-6-10(16)12-8(2)14/h3-6H2,1-2H3,(H,11,13,15)(H,12,14,16). The molecule has 0 aliphatic heterocycles. The third-order valence-corrected chi connectivity index (χ3v) is 1.69. The lowest BCUT2D eigenvalue weighted by atomic mass is 10.2. The van der Waals surface area contributed by atoms with Crippen LogP contribution in [0.2, 0.25) is 0 Å². The molecule has 0 aromatic rings. The molecule has 0 radical (unpaired) electrons. The van der Waals surface area contributed by atoms with Crippen LogP contribution < -0.4 is 10.6 Å². The maximum atomic E-state index is 11.0. The molecule has 0 saturated heterocycles. The van der Waals surface area contributed by atoms with Crippen molar-refractivity contribution in [1.29, 1.82) is 0 Å². The quantitative estimate of drug-likeness (QED) is 0.641. The van der Waals surface area contributed by atoms with Gasteiger partial charge in [-0.3, -0.25) is 29.8 Å². The van der Waals surface area contributed by atoms with Crippen molar-refractivity contribution >= 4 is 23.6 Å². The Kier molecular flexibility index (Phi) is 6.74. The molecule has 16 heavy (non-hydrogen) atoms. The summed E-state index contributed by atoms with van der Waals surface area (Å²) in [4.78, 5) is 42.9. The second-order valence-electron chi connectivity index (χ2n) is 3.42. The Bertz CT molecular complexity index is 269. The van der Waals surface area contributed by atoms with Crippen LogP contribution in [-0.2, 0) is 19.2 Å². The van der Waals surface area contributed by atoms with Gasteiger partial charge in [0.25, 0.3) is 0 Å². The van der Waals surface area contributed by atoms with Crippen LogP contribution in [0.3, 0.4) is 0 Å². The van der Waals surface area contributed by atoms with E-state index in [1.807, 2.05) is 0 Å². The minimum absolute atomic E-state index is 0.201. The van der Waals surface area contributed by atoms with Crippen molar-refractivity contribution in [2.24, 2.45) is 0 Å². The largest absolute Gasteiger partial charge is 0.297 e. The zero-order valence-electron chi connectivity index (χ0n) is 9.46. The molecule has 0 spiro atoms. The number of carbonyl (C=O) groups is 4. The molecule has 0 aliphatic rings. The molecule has 0 heterocycles. The molecular formula is C10H16N2O4. The van der Waals surface area contributed by atoms with Gasteiger partial charge in [0, 0.05) is 26.7 Å². The van der Waals surface area contributed by atoms with E-state index in [0.29, 0.717) is 12.8 Å². The van der Waals surface area contributed by atoms with Gasteiger partial charge >= 0.3 is 0 Å². The number of carbonyl (C=O) groups excluding carboxylic acids is 4. The number of rotatable bonds is 5. The van der Waals surface area contributed by atoms with Gasteiger partial charge in [-0.05, 0) is 12.8 Å². The van der Waals surface area contributed by atoms with E-state index in [2.05, 4.69) is 10.6 Å². The Morgan fingerprint density at radius 1 is 0.750 bits per heavy atom. The molecule has 6 heteroatoms. The Morgan fingerprint density at radius 3 is 1.31 bits per heavy atom. The summed E-state index contributed by atoms with van der Waals surface area (Å²) in [7, 11) is 0. The first-order valence-corrected chi connectivity index (χ1v) is 5.02.